The maximum atomic E-state index is 12.5. The van der Waals surface area contributed by atoms with Crippen molar-refractivity contribution in [3.8, 4) is 5.75 Å². The summed E-state index contributed by atoms with van der Waals surface area (Å²) in [5.41, 5.74) is 0.696. The number of hydrogen-bond donors (Lipinski definition) is 1. The molecule has 130 valence electrons. The molecule has 1 unspecified atom stereocenters. The van der Waals surface area contributed by atoms with Crippen LogP contribution in [-0.2, 0) is 11.3 Å². The van der Waals surface area contributed by atoms with Gasteiger partial charge in [-0.05, 0) is 37.8 Å². The second kappa shape index (κ2) is 6.39. The van der Waals surface area contributed by atoms with Crippen LogP contribution in [0.5, 0.6) is 5.75 Å². The van der Waals surface area contributed by atoms with Gasteiger partial charge in [0.2, 0.25) is 5.91 Å². The van der Waals surface area contributed by atoms with Crippen molar-refractivity contribution >= 4 is 5.91 Å². The van der Waals surface area contributed by atoms with E-state index in [0.717, 1.165) is 30.6 Å². The number of rotatable bonds is 3. The zero-order valence-corrected chi connectivity index (χ0v) is 14.1. The number of pyridine rings is 1. The van der Waals surface area contributed by atoms with E-state index in [1.807, 2.05) is 24.3 Å². The van der Waals surface area contributed by atoms with Gasteiger partial charge in [0.05, 0.1) is 6.04 Å². The van der Waals surface area contributed by atoms with Crippen LogP contribution in [0, 0.1) is 0 Å². The Balaban J connectivity index is 1.55. The minimum absolute atomic E-state index is 0.0339. The fraction of sp³-hybridized carbons (Fsp3) is 0.400. The summed E-state index contributed by atoms with van der Waals surface area (Å²) in [5, 5.41) is 3.12. The van der Waals surface area contributed by atoms with Gasteiger partial charge in [0.25, 0.3) is 5.56 Å². The number of amides is 1. The summed E-state index contributed by atoms with van der Waals surface area (Å²) in [5.74, 6) is 0.723. The molecule has 25 heavy (non-hydrogen) atoms. The van der Waals surface area contributed by atoms with Crippen molar-refractivity contribution in [1.82, 2.24) is 9.88 Å². The molecule has 1 N–H and O–H groups in total. The molecule has 2 aromatic rings. The highest BCUT2D eigenvalue weighted by atomic mass is 16.5. The van der Waals surface area contributed by atoms with E-state index in [1.165, 1.54) is 23.5 Å². The van der Waals surface area contributed by atoms with Crippen molar-refractivity contribution in [3.05, 3.63) is 64.6 Å². The summed E-state index contributed by atoms with van der Waals surface area (Å²) in [7, 11) is 0. The first kappa shape index (κ1) is 15.9. The molecule has 1 aromatic carbocycles. The number of para-hydroxylation sites is 1. The third-order valence-corrected chi connectivity index (χ3v) is 5.26. The summed E-state index contributed by atoms with van der Waals surface area (Å²) in [6, 6.07) is 12.7. The van der Waals surface area contributed by atoms with Gasteiger partial charge in [0, 0.05) is 24.2 Å². The highest BCUT2D eigenvalue weighted by Crippen LogP contribution is 2.46. The summed E-state index contributed by atoms with van der Waals surface area (Å²) < 4.78 is 7.75. The Bertz CT molecular complexity index is 837. The van der Waals surface area contributed by atoms with E-state index < -0.39 is 0 Å². The summed E-state index contributed by atoms with van der Waals surface area (Å²) in [4.78, 5) is 24.3. The van der Waals surface area contributed by atoms with Gasteiger partial charge >= 0.3 is 0 Å². The Morgan fingerprint density at radius 3 is 2.72 bits per heavy atom. The van der Waals surface area contributed by atoms with Gasteiger partial charge in [-0.1, -0.05) is 24.3 Å². The minimum atomic E-state index is -0.169. The van der Waals surface area contributed by atoms with Crippen LogP contribution >= 0.6 is 0 Å². The second-order valence-corrected chi connectivity index (χ2v) is 7.02. The largest absolute Gasteiger partial charge is 0.487 e. The van der Waals surface area contributed by atoms with Crippen LogP contribution < -0.4 is 15.6 Å². The average Bonchev–Trinajstić information content (AvgIpc) is 3.04. The molecule has 5 heteroatoms. The zero-order chi connectivity index (χ0) is 17.3. The first-order chi connectivity index (χ1) is 12.2. The van der Waals surface area contributed by atoms with Gasteiger partial charge in [-0.25, -0.2) is 0 Å². The van der Waals surface area contributed by atoms with Crippen LogP contribution in [-0.4, -0.2) is 16.1 Å². The SMILES string of the molecule is O=C(Cn1ccccc1=O)NC1CC2(CCCC2)Oc2ccccc21. The molecular weight excluding hydrogens is 316 g/mol. The Labute approximate surface area is 146 Å². The first-order valence-corrected chi connectivity index (χ1v) is 8.88. The van der Waals surface area contributed by atoms with Gasteiger partial charge in [0.1, 0.15) is 17.9 Å². The highest BCUT2D eigenvalue weighted by Gasteiger charge is 2.43. The van der Waals surface area contributed by atoms with Crippen LogP contribution in [0.2, 0.25) is 0 Å². The molecule has 5 nitrogen and oxygen atoms in total. The van der Waals surface area contributed by atoms with Gasteiger partial charge in [0.15, 0.2) is 0 Å². The van der Waals surface area contributed by atoms with Crippen LogP contribution in [0.1, 0.15) is 43.7 Å². The van der Waals surface area contributed by atoms with Crippen molar-refractivity contribution in [2.75, 3.05) is 0 Å². The smallest absolute Gasteiger partial charge is 0.250 e. The van der Waals surface area contributed by atoms with E-state index in [-0.39, 0.29) is 29.7 Å². The summed E-state index contributed by atoms with van der Waals surface area (Å²) in [6.45, 7) is 0.0339. The van der Waals surface area contributed by atoms with Crippen LogP contribution in [0.25, 0.3) is 0 Å². The quantitative estimate of drug-likeness (QED) is 0.936. The fourth-order valence-electron chi connectivity index (χ4n) is 4.06. The number of ether oxygens (including phenoxy) is 1. The molecule has 0 bridgehead atoms. The summed E-state index contributed by atoms with van der Waals surface area (Å²) >= 11 is 0. The number of benzene rings is 1. The normalized spacial score (nSPS) is 20.7. The Kier molecular flexibility index (Phi) is 4.07. The third kappa shape index (κ3) is 3.18. The number of fused-ring (bicyclic) bond motifs is 1. The van der Waals surface area contributed by atoms with Crippen molar-refractivity contribution in [1.29, 1.82) is 0 Å². The molecule has 2 heterocycles. The Hall–Kier alpha value is -2.56. The standard InChI is InChI=1S/C20H22N2O3/c23-18(14-22-12-6-3-9-19(22)24)21-16-13-20(10-4-5-11-20)25-17-8-2-1-7-15(16)17/h1-3,6-9,12,16H,4-5,10-11,13-14H2,(H,21,23). The molecule has 1 amide bonds. The Morgan fingerprint density at radius 1 is 1.16 bits per heavy atom. The highest BCUT2D eigenvalue weighted by molar-refractivity contribution is 5.76. The van der Waals surface area contributed by atoms with E-state index in [4.69, 9.17) is 4.74 Å². The maximum absolute atomic E-state index is 12.5. The maximum Gasteiger partial charge on any atom is 0.250 e. The molecule has 1 spiro atoms. The third-order valence-electron chi connectivity index (χ3n) is 5.26. The van der Waals surface area contributed by atoms with Gasteiger partial charge < -0.3 is 14.6 Å². The lowest BCUT2D eigenvalue weighted by Crippen LogP contribution is -2.44. The lowest BCUT2D eigenvalue weighted by molar-refractivity contribution is -0.123. The molecule has 1 aliphatic heterocycles. The molecule has 1 saturated carbocycles. The number of hydrogen-bond acceptors (Lipinski definition) is 3. The molecule has 1 aliphatic carbocycles. The number of nitrogens with one attached hydrogen (secondary N) is 1. The molecular formula is C20H22N2O3. The number of nitrogens with zero attached hydrogens (tertiary/aromatic N) is 1. The van der Waals surface area contributed by atoms with E-state index in [1.54, 1.807) is 18.3 Å². The van der Waals surface area contributed by atoms with E-state index in [0.29, 0.717) is 0 Å². The van der Waals surface area contributed by atoms with Crippen molar-refractivity contribution in [2.24, 2.45) is 0 Å². The van der Waals surface area contributed by atoms with Crippen LogP contribution in [0.3, 0.4) is 0 Å². The molecule has 0 saturated heterocycles. The number of carbonyl (C=O) groups excluding carboxylic acids is 1. The number of carbonyl (C=O) groups is 1. The van der Waals surface area contributed by atoms with E-state index in [9.17, 15) is 9.59 Å². The minimum Gasteiger partial charge on any atom is -0.487 e. The van der Waals surface area contributed by atoms with Gasteiger partial charge in [-0.15, -0.1) is 0 Å². The fourth-order valence-corrected chi connectivity index (χ4v) is 4.06. The van der Waals surface area contributed by atoms with Crippen molar-refractivity contribution in [3.63, 3.8) is 0 Å². The molecule has 1 atom stereocenters. The van der Waals surface area contributed by atoms with Crippen molar-refractivity contribution in [2.45, 2.75) is 50.3 Å². The van der Waals surface area contributed by atoms with E-state index >= 15 is 0 Å². The van der Waals surface area contributed by atoms with Crippen LogP contribution in [0.4, 0.5) is 0 Å². The zero-order valence-electron chi connectivity index (χ0n) is 14.1. The molecule has 0 radical (unpaired) electrons. The monoisotopic (exact) mass is 338 g/mol. The predicted molar refractivity (Wildman–Crippen MR) is 94.5 cm³/mol. The van der Waals surface area contributed by atoms with Gasteiger partial charge in [-0.3, -0.25) is 9.59 Å². The van der Waals surface area contributed by atoms with Crippen molar-refractivity contribution < 1.29 is 9.53 Å². The molecule has 1 aromatic heterocycles. The second-order valence-electron chi connectivity index (χ2n) is 7.02. The lowest BCUT2D eigenvalue weighted by atomic mass is 9.86. The molecule has 1 fully saturated rings. The van der Waals surface area contributed by atoms with E-state index in [2.05, 4.69) is 5.32 Å². The van der Waals surface area contributed by atoms with Crippen LogP contribution in [0.15, 0.2) is 53.5 Å². The Morgan fingerprint density at radius 2 is 1.92 bits per heavy atom. The first-order valence-electron chi connectivity index (χ1n) is 8.88. The predicted octanol–water partition coefficient (Wildman–Crippen LogP) is 2.80. The number of aromatic nitrogens is 1. The molecule has 4 rings (SSSR count). The lowest BCUT2D eigenvalue weighted by Gasteiger charge is -2.40. The summed E-state index contributed by atoms with van der Waals surface area (Å²) in [6.07, 6.45) is 6.83. The average molecular weight is 338 g/mol. The molecule has 2 aliphatic rings. The van der Waals surface area contributed by atoms with Gasteiger partial charge in [-0.2, -0.15) is 0 Å². The topological polar surface area (TPSA) is 60.3 Å².